The third-order valence-corrected chi connectivity index (χ3v) is 4.82. The highest BCUT2D eigenvalue weighted by molar-refractivity contribution is 6.01. The number of carbonyl (C=O) groups excluding carboxylic acids is 3. The molecule has 1 atom stereocenters. The third kappa shape index (κ3) is 6.94. The minimum atomic E-state index is -4.61. The number of ether oxygens (including phenoxy) is 1. The fourth-order valence-electron chi connectivity index (χ4n) is 3.19. The molecule has 1 aliphatic rings. The zero-order chi connectivity index (χ0) is 23.8. The SMILES string of the molecule is O=C(Nc1ccc(C(=O)NCCNC(=O)C2CCCO2)cc1)Nc1ccccc1C(F)(F)F. The number of nitrogens with one attached hydrogen (secondary N) is 4. The summed E-state index contributed by atoms with van der Waals surface area (Å²) >= 11 is 0. The van der Waals surface area contributed by atoms with E-state index in [2.05, 4.69) is 21.3 Å². The molecule has 4 N–H and O–H groups in total. The van der Waals surface area contributed by atoms with Gasteiger partial charge < -0.3 is 26.0 Å². The van der Waals surface area contributed by atoms with Crippen LogP contribution in [0, 0.1) is 0 Å². The Hall–Kier alpha value is -3.60. The molecule has 0 aliphatic carbocycles. The van der Waals surface area contributed by atoms with Gasteiger partial charge in [0, 0.05) is 30.9 Å². The van der Waals surface area contributed by atoms with Gasteiger partial charge >= 0.3 is 12.2 Å². The summed E-state index contributed by atoms with van der Waals surface area (Å²) in [4.78, 5) is 36.1. The van der Waals surface area contributed by atoms with E-state index in [1.807, 2.05) is 0 Å². The van der Waals surface area contributed by atoms with Gasteiger partial charge in [0.1, 0.15) is 6.10 Å². The van der Waals surface area contributed by atoms with Crippen LogP contribution < -0.4 is 21.3 Å². The van der Waals surface area contributed by atoms with E-state index in [-0.39, 0.29) is 36.3 Å². The molecule has 1 unspecified atom stereocenters. The second-order valence-electron chi connectivity index (χ2n) is 7.25. The number of hydrogen-bond acceptors (Lipinski definition) is 4. The highest BCUT2D eigenvalue weighted by atomic mass is 19.4. The molecule has 0 saturated carbocycles. The fourth-order valence-corrected chi connectivity index (χ4v) is 3.19. The molecule has 1 aliphatic heterocycles. The minimum absolute atomic E-state index is 0.201. The van der Waals surface area contributed by atoms with E-state index < -0.39 is 23.9 Å². The van der Waals surface area contributed by atoms with Gasteiger partial charge in [0.2, 0.25) is 5.91 Å². The summed E-state index contributed by atoms with van der Waals surface area (Å²) < 4.78 is 44.4. The molecule has 1 saturated heterocycles. The van der Waals surface area contributed by atoms with Gasteiger partial charge in [-0.3, -0.25) is 9.59 Å². The van der Waals surface area contributed by atoms with Gasteiger partial charge in [-0.1, -0.05) is 12.1 Å². The number of alkyl halides is 3. The van der Waals surface area contributed by atoms with Crippen molar-refractivity contribution in [2.24, 2.45) is 0 Å². The summed E-state index contributed by atoms with van der Waals surface area (Å²) in [6, 6.07) is 9.59. The van der Waals surface area contributed by atoms with Crippen molar-refractivity contribution in [3.05, 3.63) is 59.7 Å². The van der Waals surface area contributed by atoms with Crippen LogP contribution in [0.2, 0.25) is 0 Å². The molecule has 176 valence electrons. The Morgan fingerprint density at radius 1 is 0.939 bits per heavy atom. The predicted molar refractivity (Wildman–Crippen MR) is 115 cm³/mol. The predicted octanol–water partition coefficient (Wildman–Crippen LogP) is 3.37. The fraction of sp³-hybridized carbons (Fsp3) is 0.318. The standard InChI is InChI=1S/C22H23F3N4O4/c23-22(24,25)16-4-1-2-5-17(16)29-21(32)28-15-9-7-14(8-10-15)19(30)26-11-12-27-20(31)18-6-3-13-33-18/h1-2,4-5,7-10,18H,3,6,11-13H2,(H,26,30)(H,27,31)(H2,28,29,32). The van der Waals surface area contributed by atoms with Crippen molar-refractivity contribution in [3.63, 3.8) is 0 Å². The third-order valence-electron chi connectivity index (χ3n) is 4.82. The molecule has 0 spiro atoms. The number of benzene rings is 2. The molecular formula is C22H23F3N4O4. The molecule has 2 aromatic carbocycles. The first-order valence-corrected chi connectivity index (χ1v) is 10.3. The normalized spacial score (nSPS) is 15.5. The van der Waals surface area contributed by atoms with Gasteiger partial charge in [-0.15, -0.1) is 0 Å². The maximum absolute atomic E-state index is 13.0. The monoisotopic (exact) mass is 464 g/mol. The number of hydrogen-bond donors (Lipinski definition) is 4. The Bertz CT molecular complexity index is 990. The smallest absolute Gasteiger partial charge is 0.368 e. The Morgan fingerprint density at radius 2 is 1.64 bits per heavy atom. The van der Waals surface area contributed by atoms with Crippen LogP contribution in [0.5, 0.6) is 0 Å². The summed E-state index contributed by atoms with van der Waals surface area (Å²) in [5.74, 6) is -0.579. The number of amides is 4. The van der Waals surface area contributed by atoms with Crippen molar-refractivity contribution in [3.8, 4) is 0 Å². The molecule has 0 radical (unpaired) electrons. The van der Waals surface area contributed by atoms with Gasteiger partial charge in [-0.05, 0) is 49.2 Å². The molecular weight excluding hydrogens is 441 g/mol. The zero-order valence-corrected chi connectivity index (χ0v) is 17.5. The van der Waals surface area contributed by atoms with E-state index >= 15 is 0 Å². The van der Waals surface area contributed by atoms with E-state index in [9.17, 15) is 27.6 Å². The van der Waals surface area contributed by atoms with Crippen LogP contribution in [0.15, 0.2) is 48.5 Å². The van der Waals surface area contributed by atoms with E-state index in [1.165, 1.54) is 36.4 Å². The van der Waals surface area contributed by atoms with Gasteiger partial charge in [-0.2, -0.15) is 13.2 Å². The second-order valence-corrected chi connectivity index (χ2v) is 7.25. The van der Waals surface area contributed by atoms with Crippen molar-refractivity contribution < 1.29 is 32.3 Å². The van der Waals surface area contributed by atoms with Crippen LogP contribution in [0.1, 0.15) is 28.8 Å². The molecule has 11 heteroatoms. The Morgan fingerprint density at radius 3 is 2.30 bits per heavy atom. The van der Waals surface area contributed by atoms with Crippen molar-refractivity contribution in [2.45, 2.75) is 25.1 Å². The van der Waals surface area contributed by atoms with Crippen molar-refractivity contribution in [2.75, 3.05) is 30.3 Å². The molecule has 4 amide bonds. The number of halogens is 3. The first kappa shape index (κ1) is 24.1. The van der Waals surface area contributed by atoms with Gasteiger partial charge in [-0.25, -0.2) is 4.79 Å². The molecule has 8 nitrogen and oxygen atoms in total. The molecule has 33 heavy (non-hydrogen) atoms. The quantitative estimate of drug-likeness (QED) is 0.471. The number of para-hydroxylation sites is 1. The Labute approximate surface area is 187 Å². The maximum atomic E-state index is 13.0. The summed E-state index contributed by atoms with van der Waals surface area (Å²) in [6.45, 7) is 1.05. The average molecular weight is 464 g/mol. The Kier molecular flexibility index (Phi) is 7.88. The Balaban J connectivity index is 1.45. The van der Waals surface area contributed by atoms with Gasteiger partial charge in [0.05, 0.1) is 11.3 Å². The number of carbonyl (C=O) groups is 3. The minimum Gasteiger partial charge on any atom is -0.368 e. The lowest BCUT2D eigenvalue weighted by atomic mass is 10.1. The van der Waals surface area contributed by atoms with Crippen molar-refractivity contribution in [1.29, 1.82) is 0 Å². The maximum Gasteiger partial charge on any atom is 0.418 e. The molecule has 0 aromatic heterocycles. The summed E-state index contributed by atoms with van der Waals surface area (Å²) in [6.07, 6.45) is -3.50. The van der Waals surface area contributed by atoms with Crippen molar-refractivity contribution >= 4 is 29.2 Å². The van der Waals surface area contributed by atoms with Crippen molar-refractivity contribution in [1.82, 2.24) is 10.6 Å². The average Bonchev–Trinajstić information content (AvgIpc) is 3.31. The number of anilines is 2. The first-order valence-electron chi connectivity index (χ1n) is 10.3. The lowest BCUT2D eigenvalue weighted by Gasteiger charge is -2.14. The summed E-state index contributed by atoms with van der Waals surface area (Å²) in [5.41, 5.74) is -0.726. The lowest BCUT2D eigenvalue weighted by molar-refractivity contribution is -0.137. The van der Waals surface area contributed by atoms with Gasteiger partial charge in [0.25, 0.3) is 5.91 Å². The molecule has 1 heterocycles. The molecule has 1 fully saturated rings. The first-order chi connectivity index (χ1) is 15.7. The van der Waals surface area contributed by atoms with Crippen LogP contribution in [0.25, 0.3) is 0 Å². The van der Waals surface area contributed by atoms with Crippen LogP contribution in [-0.4, -0.2) is 43.6 Å². The second kappa shape index (κ2) is 10.8. The van der Waals surface area contributed by atoms with Crippen LogP contribution in [0.4, 0.5) is 29.3 Å². The number of rotatable bonds is 7. The van der Waals surface area contributed by atoms with E-state index in [0.717, 1.165) is 18.6 Å². The lowest BCUT2D eigenvalue weighted by Crippen LogP contribution is -2.39. The summed E-state index contributed by atoms with van der Waals surface area (Å²) in [5, 5.41) is 9.94. The molecule has 0 bridgehead atoms. The highest BCUT2D eigenvalue weighted by Crippen LogP contribution is 2.34. The number of urea groups is 1. The molecule has 3 rings (SSSR count). The van der Waals surface area contributed by atoms with E-state index in [0.29, 0.717) is 18.6 Å². The van der Waals surface area contributed by atoms with Crippen LogP contribution in [-0.2, 0) is 15.7 Å². The molecule has 2 aromatic rings. The highest BCUT2D eigenvalue weighted by Gasteiger charge is 2.33. The largest absolute Gasteiger partial charge is 0.418 e. The van der Waals surface area contributed by atoms with Gasteiger partial charge in [0.15, 0.2) is 0 Å². The van der Waals surface area contributed by atoms with Crippen LogP contribution >= 0.6 is 0 Å². The van der Waals surface area contributed by atoms with E-state index in [4.69, 9.17) is 4.74 Å². The van der Waals surface area contributed by atoms with Crippen LogP contribution in [0.3, 0.4) is 0 Å². The topological polar surface area (TPSA) is 109 Å². The summed E-state index contributed by atoms with van der Waals surface area (Å²) in [7, 11) is 0. The zero-order valence-electron chi connectivity index (χ0n) is 17.5. The van der Waals surface area contributed by atoms with E-state index in [1.54, 1.807) is 0 Å².